The number of aromatic hydroxyl groups is 1. The maximum absolute atomic E-state index is 12.5. The van der Waals surface area contributed by atoms with Crippen LogP contribution in [0.15, 0.2) is 79.0 Å². The molecule has 2 aromatic heterocycles. The predicted octanol–water partition coefficient (Wildman–Crippen LogP) is 5.16. The zero-order chi connectivity index (χ0) is 25.4. The summed E-state index contributed by atoms with van der Waals surface area (Å²) in [6.07, 6.45) is 1.77. The fourth-order valence-electron chi connectivity index (χ4n) is 4.97. The SMILES string of the molecule is COC(=O)c1ccccc1-n1c(C)cc([C@H]2[C@H](c3ccccn3)NC(=S)N2c2ccc(O)cc2)c1C. The molecule has 1 fully saturated rings. The second-order valence-corrected chi connectivity index (χ2v) is 9.07. The number of carbonyl (C=O) groups excluding carboxylic acids is 1. The van der Waals surface area contributed by atoms with Gasteiger partial charge in [0, 0.05) is 23.3 Å². The number of ether oxygens (including phenoxy) is 1. The van der Waals surface area contributed by atoms with Crippen LogP contribution in [-0.4, -0.2) is 32.8 Å². The summed E-state index contributed by atoms with van der Waals surface area (Å²) in [6, 6.07) is 22.0. The number of hydrogen-bond acceptors (Lipinski definition) is 5. The Kier molecular flexibility index (Phi) is 6.20. The number of thiocarbonyl (C=S) groups is 1. The molecule has 182 valence electrons. The minimum absolute atomic E-state index is 0.187. The second kappa shape index (κ2) is 9.47. The molecule has 0 spiro atoms. The Bertz CT molecular complexity index is 1430. The molecule has 2 N–H and O–H groups in total. The van der Waals surface area contributed by atoms with Crippen LogP contribution in [0.25, 0.3) is 5.69 Å². The second-order valence-electron chi connectivity index (χ2n) is 8.68. The minimum Gasteiger partial charge on any atom is -0.508 e. The summed E-state index contributed by atoms with van der Waals surface area (Å²) in [5, 5.41) is 13.9. The third kappa shape index (κ3) is 3.99. The van der Waals surface area contributed by atoms with E-state index in [2.05, 4.69) is 25.8 Å². The molecule has 36 heavy (non-hydrogen) atoms. The van der Waals surface area contributed by atoms with E-state index in [0.717, 1.165) is 34.0 Å². The molecule has 0 saturated carbocycles. The number of nitrogens with one attached hydrogen (secondary N) is 1. The lowest BCUT2D eigenvalue weighted by atomic mass is 9.96. The highest BCUT2D eigenvalue weighted by atomic mass is 32.1. The van der Waals surface area contributed by atoms with Crippen molar-refractivity contribution in [3.63, 3.8) is 0 Å². The summed E-state index contributed by atoms with van der Waals surface area (Å²) in [6.45, 7) is 4.06. The van der Waals surface area contributed by atoms with E-state index >= 15 is 0 Å². The Hall–Kier alpha value is -4.17. The highest BCUT2D eigenvalue weighted by molar-refractivity contribution is 7.80. The van der Waals surface area contributed by atoms with Gasteiger partial charge < -0.3 is 24.6 Å². The number of phenolic OH excluding ortho intramolecular Hbond substituents is 1. The van der Waals surface area contributed by atoms with Crippen LogP contribution in [0.2, 0.25) is 0 Å². The van der Waals surface area contributed by atoms with Crippen LogP contribution in [0.3, 0.4) is 0 Å². The molecule has 1 aliphatic rings. The summed E-state index contributed by atoms with van der Waals surface area (Å²) >= 11 is 5.81. The van der Waals surface area contributed by atoms with Crippen LogP contribution in [0.5, 0.6) is 5.75 Å². The van der Waals surface area contributed by atoms with Crippen molar-refractivity contribution in [1.29, 1.82) is 0 Å². The molecule has 1 saturated heterocycles. The third-order valence-electron chi connectivity index (χ3n) is 6.57. The van der Waals surface area contributed by atoms with Gasteiger partial charge in [-0.3, -0.25) is 4.98 Å². The van der Waals surface area contributed by atoms with Crippen molar-refractivity contribution in [2.45, 2.75) is 25.9 Å². The van der Waals surface area contributed by atoms with Gasteiger partial charge in [-0.15, -0.1) is 0 Å². The smallest absolute Gasteiger partial charge is 0.339 e. The zero-order valence-electron chi connectivity index (χ0n) is 20.2. The van der Waals surface area contributed by atoms with E-state index < -0.39 is 0 Å². The highest BCUT2D eigenvalue weighted by Crippen LogP contribution is 2.44. The van der Waals surface area contributed by atoms with Gasteiger partial charge in [0.2, 0.25) is 0 Å². The lowest BCUT2D eigenvalue weighted by Crippen LogP contribution is -2.29. The van der Waals surface area contributed by atoms with Crippen LogP contribution >= 0.6 is 12.2 Å². The fourth-order valence-corrected chi connectivity index (χ4v) is 5.32. The molecule has 0 radical (unpaired) electrons. The number of esters is 1. The molecule has 0 amide bonds. The van der Waals surface area contributed by atoms with E-state index in [1.807, 2.05) is 62.4 Å². The molecule has 3 heterocycles. The number of para-hydroxylation sites is 1. The van der Waals surface area contributed by atoms with Crippen molar-refractivity contribution in [2.75, 3.05) is 12.0 Å². The summed E-state index contributed by atoms with van der Waals surface area (Å²) in [5.41, 5.74) is 5.96. The van der Waals surface area contributed by atoms with Gasteiger partial charge in [0.25, 0.3) is 0 Å². The standard InChI is InChI=1S/C28H26N4O3S/c1-17-16-22(18(2)31(17)24-10-5-4-8-21(24)27(34)35-3)26-25(23-9-6-7-15-29-23)30-28(36)32(26)19-11-13-20(33)14-12-19/h4-16,25-26,33H,1-3H3,(H,30,36)/t25-,26-/m0/s1. The van der Waals surface area contributed by atoms with Crippen LogP contribution in [0, 0.1) is 13.8 Å². The van der Waals surface area contributed by atoms with E-state index in [1.165, 1.54) is 7.11 Å². The normalized spacial score (nSPS) is 17.2. The number of carbonyl (C=O) groups is 1. The Morgan fingerprint density at radius 1 is 1.06 bits per heavy atom. The number of hydrogen-bond donors (Lipinski definition) is 2. The van der Waals surface area contributed by atoms with E-state index in [1.54, 1.807) is 24.4 Å². The van der Waals surface area contributed by atoms with Crippen LogP contribution in [-0.2, 0) is 4.74 Å². The van der Waals surface area contributed by atoms with Crippen molar-refractivity contribution < 1.29 is 14.6 Å². The van der Waals surface area contributed by atoms with Crippen molar-refractivity contribution >= 4 is 29.0 Å². The van der Waals surface area contributed by atoms with Gasteiger partial charge in [-0.1, -0.05) is 18.2 Å². The van der Waals surface area contributed by atoms with Gasteiger partial charge in [-0.25, -0.2) is 4.79 Å². The molecule has 5 rings (SSSR count). The molecule has 8 heteroatoms. The number of methoxy groups -OCH3 is 1. The molecule has 0 aliphatic carbocycles. The van der Waals surface area contributed by atoms with E-state index in [9.17, 15) is 9.90 Å². The molecule has 0 unspecified atom stereocenters. The summed E-state index contributed by atoms with van der Waals surface area (Å²) in [4.78, 5) is 19.2. The van der Waals surface area contributed by atoms with Crippen LogP contribution in [0.4, 0.5) is 5.69 Å². The maximum atomic E-state index is 12.5. The molecular weight excluding hydrogens is 472 g/mol. The van der Waals surface area contributed by atoms with Crippen LogP contribution < -0.4 is 10.2 Å². The number of anilines is 1. The first-order valence-electron chi connectivity index (χ1n) is 11.6. The summed E-state index contributed by atoms with van der Waals surface area (Å²) in [5.74, 6) is -0.201. The quantitative estimate of drug-likeness (QED) is 0.291. The molecule has 4 aromatic rings. The number of rotatable bonds is 5. The number of pyridine rings is 1. The van der Waals surface area contributed by atoms with Crippen molar-refractivity contribution in [1.82, 2.24) is 14.9 Å². The van der Waals surface area contributed by atoms with Gasteiger partial charge in [0.05, 0.1) is 36.1 Å². The Labute approximate surface area is 215 Å². The van der Waals surface area contributed by atoms with E-state index in [-0.39, 0.29) is 23.8 Å². The average molecular weight is 499 g/mol. The third-order valence-corrected chi connectivity index (χ3v) is 6.88. The molecule has 0 bridgehead atoms. The summed E-state index contributed by atoms with van der Waals surface area (Å²) < 4.78 is 7.12. The topological polar surface area (TPSA) is 79.6 Å². The number of nitrogens with zero attached hydrogens (tertiary/aromatic N) is 3. The Balaban J connectivity index is 1.69. The average Bonchev–Trinajstić information content (AvgIpc) is 3.39. The van der Waals surface area contributed by atoms with E-state index in [4.69, 9.17) is 17.0 Å². The van der Waals surface area contributed by atoms with Gasteiger partial charge >= 0.3 is 5.97 Å². The van der Waals surface area contributed by atoms with Gasteiger partial charge in [0.1, 0.15) is 5.75 Å². The van der Waals surface area contributed by atoms with Crippen molar-refractivity contribution in [2.24, 2.45) is 0 Å². The zero-order valence-corrected chi connectivity index (χ0v) is 21.0. The molecule has 2 atom stereocenters. The molecule has 1 aliphatic heterocycles. The number of phenols is 1. The number of aromatic nitrogens is 2. The number of benzene rings is 2. The van der Waals surface area contributed by atoms with Crippen molar-refractivity contribution in [3.8, 4) is 11.4 Å². The van der Waals surface area contributed by atoms with Gasteiger partial charge in [-0.2, -0.15) is 0 Å². The van der Waals surface area contributed by atoms with E-state index in [0.29, 0.717) is 10.7 Å². The highest BCUT2D eigenvalue weighted by Gasteiger charge is 2.42. The fraction of sp³-hybridized carbons (Fsp3) is 0.179. The minimum atomic E-state index is -0.388. The number of aryl methyl sites for hydroxylation is 1. The molecule has 7 nitrogen and oxygen atoms in total. The first kappa shape index (κ1) is 23.6. The summed E-state index contributed by atoms with van der Waals surface area (Å²) in [7, 11) is 1.39. The predicted molar refractivity (Wildman–Crippen MR) is 143 cm³/mol. The molecular formula is C28H26N4O3S. The first-order valence-corrected chi connectivity index (χ1v) is 12.0. The van der Waals surface area contributed by atoms with Crippen LogP contribution in [0.1, 0.15) is 45.1 Å². The first-order chi connectivity index (χ1) is 17.4. The van der Waals surface area contributed by atoms with Gasteiger partial charge in [-0.05, 0) is 86.2 Å². The van der Waals surface area contributed by atoms with Crippen molar-refractivity contribution in [3.05, 3.63) is 107 Å². The van der Waals surface area contributed by atoms with Gasteiger partial charge in [0.15, 0.2) is 5.11 Å². The monoisotopic (exact) mass is 498 g/mol. The Morgan fingerprint density at radius 2 is 1.78 bits per heavy atom. The largest absolute Gasteiger partial charge is 0.508 e. The maximum Gasteiger partial charge on any atom is 0.339 e. The Morgan fingerprint density at radius 3 is 2.47 bits per heavy atom. The molecule has 2 aromatic carbocycles. The lowest BCUT2D eigenvalue weighted by molar-refractivity contribution is 0.0600. The lowest BCUT2D eigenvalue weighted by Gasteiger charge is -2.28.